The van der Waals surface area contributed by atoms with Crippen LogP contribution in [0.2, 0.25) is 0 Å². The molecule has 1 aliphatic carbocycles. The van der Waals surface area contributed by atoms with E-state index >= 15 is 0 Å². The van der Waals surface area contributed by atoms with E-state index in [9.17, 15) is 0 Å². The predicted molar refractivity (Wildman–Crippen MR) is 44.7 cm³/mol. The summed E-state index contributed by atoms with van der Waals surface area (Å²) in [6.07, 6.45) is 7.27. The summed E-state index contributed by atoms with van der Waals surface area (Å²) in [5.74, 6) is 1.93. The summed E-state index contributed by atoms with van der Waals surface area (Å²) in [5, 5.41) is 0. The van der Waals surface area contributed by atoms with Gasteiger partial charge in [0, 0.05) is 5.92 Å². The molecular weight excluding hydrogens is 136 g/mol. The first-order valence-corrected chi connectivity index (χ1v) is 4.41. The van der Waals surface area contributed by atoms with Gasteiger partial charge in [-0.25, -0.2) is 0 Å². The van der Waals surface area contributed by atoms with E-state index in [1.807, 2.05) is 6.26 Å². The van der Waals surface area contributed by atoms with Gasteiger partial charge in [0.2, 0.25) is 0 Å². The number of aryl methyl sites for hydroxylation is 1. The number of hydrogen-bond donors (Lipinski definition) is 0. The Morgan fingerprint density at radius 3 is 2.64 bits per heavy atom. The third-order valence-electron chi connectivity index (χ3n) is 2.51. The van der Waals surface area contributed by atoms with Crippen molar-refractivity contribution in [3.05, 3.63) is 23.7 Å². The second kappa shape index (κ2) is 2.72. The van der Waals surface area contributed by atoms with Gasteiger partial charge in [0.15, 0.2) is 0 Å². The molecule has 0 aromatic carbocycles. The number of rotatable bonds is 1. The van der Waals surface area contributed by atoms with E-state index in [0.29, 0.717) is 0 Å². The van der Waals surface area contributed by atoms with Crippen LogP contribution in [0.3, 0.4) is 0 Å². The summed E-state index contributed by atoms with van der Waals surface area (Å²) >= 11 is 0. The van der Waals surface area contributed by atoms with Crippen molar-refractivity contribution < 1.29 is 4.42 Å². The quantitative estimate of drug-likeness (QED) is 0.599. The summed E-state index contributed by atoms with van der Waals surface area (Å²) in [6.45, 7) is 2.09. The SMILES string of the molecule is Cc1coc(C2CCCC2)c1. The zero-order chi connectivity index (χ0) is 7.68. The number of hydrogen-bond acceptors (Lipinski definition) is 1. The summed E-state index contributed by atoms with van der Waals surface area (Å²) in [4.78, 5) is 0. The van der Waals surface area contributed by atoms with E-state index in [1.54, 1.807) is 0 Å². The van der Waals surface area contributed by atoms with Crippen LogP contribution in [-0.4, -0.2) is 0 Å². The van der Waals surface area contributed by atoms with Crippen LogP contribution in [-0.2, 0) is 0 Å². The molecule has 1 heteroatoms. The molecule has 2 rings (SSSR count). The monoisotopic (exact) mass is 150 g/mol. The van der Waals surface area contributed by atoms with Crippen LogP contribution >= 0.6 is 0 Å². The van der Waals surface area contributed by atoms with E-state index in [4.69, 9.17) is 4.42 Å². The van der Waals surface area contributed by atoms with Gasteiger partial charge in [-0.05, 0) is 31.4 Å². The van der Waals surface area contributed by atoms with Crippen molar-refractivity contribution in [1.82, 2.24) is 0 Å². The van der Waals surface area contributed by atoms with Gasteiger partial charge in [-0.2, -0.15) is 0 Å². The van der Waals surface area contributed by atoms with Crippen molar-refractivity contribution in [2.24, 2.45) is 0 Å². The van der Waals surface area contributed by atoms with Crippen LogP contribution in [0.5, 0.6) is 0 Å². The average Bonchev–Trinajstić information content (AvgIpc) is 2.55. The van der Waals surface area contributed by atoms with Gasteiger partial charge in [0.05, 0.1) is 6.26 Å². The van der Waals surface area contributed by atoms with Crippen molar-refractivity contribution in [2.75, 3.05) is 0 Å². The average molecular weight is 150 g/mol. The Labute approximate surface area is 67.4 Å². The molecule has 1 nitrogen and oxygen atoms in total. The molecule has 1 heterocycles. The highest BCUT2D eigenvalue weighted by molar-refractivity contribution is 5.14. The lowest BCUT2D eigenvalue weighted by molar-refractivity contribution is 0.464. The lowest BCUT2D eigenvalue weighted by Crippen LogP contribution is -1.87. The van der Waals surface area contributed by atoms with Crippen molar-refractivity contribution in [2.45, 2.75) is 38.5 Å². The maximum absolute atomic E-state index is 5.45. The van der Waals surface area contributed by atoms with Gasteiger partial charge >= 0.3 is 0 Å². The van der Waals surface area contributed by atoms with Crippen LogP contribution in [0, 0.1) is 6.92 Å². The Morgan fingerprint density at radius 2 is 2.09 bits per heavy atom. The second-order valence-corrected chi connectivity index (χ2v) is 3.51. The van der Waals surface area contributed by atoms with Crippen LogP contribution in [0.4, 0.5) is 0 Å². The first-order valence-electron chi connectivity index (χ1n) is 4.41. The van der Waals surface area contributed by atoms with Crippen LogP contribution < -0.4 is 0 Å². The minimum absolute atomic E-state index is 0.726. The molecule has 0 aliphatic heterocycles. The fourth-order valence-electron chi connectivity index (χ4n) is 1.88. The normalized spacial score (nSPS) is 19.4. The van der Waals surface area contributed by atoms with Gasteiger partial charge in [-0.1, -0.05) is 12.8 Å². The maximum atomic E-state index is 5.45. The van der Waals surface area contributed by atoms with E-state index in [2.05, 4.69) is 13.0 Å². The second-order valence-electron chi connectivity index (χ2n) is 3.51. The van der Waals surface area contributed by atoms with Gasteiger partial charge in [-0.3, -0.25) is 0 Å². The summed E-state index contributed by atoms with van der Waals surface area (Å²) in [6, 6.07) is 2.18. The standard InChI is InChI=1S/C10H14O/c1-8-6-10(11-7-8)9-4-2-3-5-9/h6-7,9H,2-5H2,1H3. The van der Waals surface area contributed by atoms with Gasteiger partial charge in [0.25, 0.3) is 0 Å². The molecule has 0 N–H and O–H groups in total. The molecule has 1 fully saturated rings. The molecule has 0 atom stereocenters. The Balaban J connectivity index is 2.15. The highest BCUT2D eigenvalue weighted by atomic mass is 16.3. The van der Waals surface area contributed by atoms with Crippen molar-refractivity contribution >= 4 is 0 Å². The lowest BCUT2D eigenvalue weighted by atomic mass is 10.1. The first-order chi connectivity index (χ1) is 5.36. The minimum atomic E-state index is 0.726. The fourth-order valence-corrected chi connectivity index (χ4v) is 1.88. The van der Waals surface area contributed by atoms with E-state index < -0.39 is 0 Å². The summed E-state index contributed by atoms with van der Waals surface area (Å²) in [5.41, 5.74) is 1.26. The predicted octanol–water partition coefficient (Wildman–Crippen LogP) is 3.25. The van der Waals surface area contributed by atoms with Crippen molar-refractivity contribution in [3.63, 3.8) is 0 Å². The molecule has 11 heavy (non-hydrogen) atoms. The molecule has 0 saturated heterocycles. The summed E-state index contributed by atoms with van der Waals surface area (Å²) in [7, 11) is 0. The third-order valence-corrected chi connectivity index (χ3v) is 2.51. The van der Waals surface area contributed by atoms with Gasteiger partial charge in [-0.15, -0.1) is 0 Å². The molecule has 1 aliphatic rings. The van der Waals surface area contributed by atoms with Gasteiger partial charge in [0.1, 0.15) is 5.76 Å². The molecule has 60 valence electrons. The topological polar surface area (TPSA) is 13.1 Å². The smallest absolute Gasteiger partial charge is 0.107 e. The van der Waals surface area contributed by atoms with Crippen LogP contribution in [0.15, 0.2) is 16.7 Å². The Hall–Kier alpha value is -0.720. The zero-order valence-electron chi connectivity index (χ0n) is 6.97. The highest BCUT2D eigenvalue weighted by Gasteiger charge is 2.19. The molecule has 1 saturated carbocycles. The first kappa shape index (κ1) is 6.96. The minimum Gasteiger partial charge on any atom is -0.469 e. The van der Waals surface area contributed by atoms with Crippen molar-refractivity contribution in [3.8, 4) is 0 Å². The fraction of sp³-hybridized carbons (Fsp3) is 0.600. The van der Waals surface area contributed by atoms with E-state index in [-0.39, 0.29) is 0 Å². The van der Waals surface area contributed by atoms with Crippen LogP contribution in [0.25, 0.3) is 0 Å². The van der Waals surface area contributed by atoms with E-state index in [0.717, 1.165) is 5.92 Å². The van der Waals surface area contributed by atoms with Crippen LogP contribution in [0.1, 0.15) is 42.9 Å². The molecule has 0 radical (unpaired) electrons. The summed E-state index contributed by atoms with van der Waals surface area (Å²) < 4.78 is 5.45. The Kier molecular flexibility index (Phi) is 1.72. The Bertz CT molecular complexity index is 231. The van der Waals surface area contributed by atoms with E-state index in [1.165, 1.54) is 37.0 Å². The molecule has 0 unspecified atom stereocenters. The van der Waals surface area contributed by atoms with Gasteiger partial charge < -0.3 is 4.42 Å². The third kappa shape index (κ3) is 1.32. The largest absolute Gasteiger partial charge is 0.469 e. The molecule has 0 spiro atoms. The molecule has 1 aromatic heterocycles. The maximum Gasteiger partial charge on any atom is 0.107 e. The molecule has 0 bridgehead atoms. The molecule has 0 amide bonds. The highest BCUT2D eigenvalue weighted by Crippen LogP contribution is 2.34. The lowest BCUT2D eigenvalue weighted by Gasteiger charge is -2.02. The molecular formula is C10H14O. The van der Waals surface area contributed by atoms with Crippen molar-refractivity contribution in [1.29, 1.82) is 0 Å². The molecule has 1 aromatic rings. The number of furan rings is 1. The zero-order valence-corrected chi connectivity index (χ0v) is 6.97. The Morgan fingerprint density at radius 1 is 1.36 bits per heavy atom.